The van der Waals surface area contributed by atoms with Gasteiger partial charge in [-0.1, -0.05) is 48.5 Å². The van der Waals surface area contributed by atoms with Crippen LogP contribution in [0.3, 0.4) is 0 Å². The molecule has 0 saturated heterocycles. The molecule has 7 nitrogen and oxygen atoms in total. The number of carbonyl (C=O) groups is 2. The van der Waals surface area contributed by atoms with Gasteiger partial charge in [0, 0.05) is 17.7 Å². The lowest BCUT2D eigenvalue weighted by molar-refractivity contribution is -0.117. The Labute approximate surface area is 197 Å². The number of rotatable bonds is 8. The van der Waals surface area contributed by atoms with Crippen LogP contribution in [0.5, 0.6) is 5.75 Å². The lowest BCUT2D eigenvalue weighted by Crippen LogP contribution is -2.16. The van der Waals surface area contributed by atoms with Crippen molar-refractivity contribution in [3.05, 3.63) is 102 Å². The van der Waals surface area contributed by atoms with E-state index in [-0.39, 0.29) is 23.4 Å². The van der Waals surface area contributed by atoms with E-state index in [1.807, 2.05) is 72.8 Å². The van der Waals surface area contributed by atoms with E-state index in [2.05, 4.69) is 15.7 Å². The van der Waals surface area contributed by atoms with Crippen molar-refractivity contribution in [3.63, 3.8) is 0 Å². The topological polar surface area (TPSA) is 85.3 Å². The second kappa shape index (κ2) is 9.62. The molecule has 4 aromatic rings. The predicted octanol–water partition coefficient (Wildman–Crippen LogP) is 5.05. The number of nitrogens with zero attached hydrogens (tertiary/aromatic N) is 2. The molecule has 34 heavy (non-hydrogen) atoms. The second-order valence-corrected chi connectivity index (χ2v) is 8.18. The zero-order chi connectivity index (χ0) is 23.3. The molecule has 1 saturated carbocycles. The van der Waals surface area contributed by atoms with Gasteiger partial charge in [-0.25, -0.2) is 4.68 Å². The van der Waals surface area contributed by atoms with Crippen molar-refractivity contribution in [2.24, 2.45) is 5.92 Å². The summed E-state index contributed by atoms with van der Waals surface area (Å²) in [4.78, 5) is 25.2. The highest BCUT2D eigenvalue weighted by Crippen LogP contribution is 2.30. The molecule has 2 N–H and O–H groups in total. The molecule has 7 heteroatoms. The molecule has 1 aliphatic carbocycles. The second-order valence-electron chi connectivity index (χ2n) is 8.18. The average Bonchev–Trinajstić information content (AvgIpc) is 3.65. The number of para-hydroxylation sites is 1. The van der Waals surface area contributed by atoms with Crippen LogP contribution < -0.4 is 15.4 Å². The van der Waals surface area contributed by atoms with Gasteiger partial charge in [0.1, 0.15) is 18.2 Å². The number of ether oxygens (including phenoxy) is 1. The minimum absolute atomic E-state index is 0.0408. The maximum absolute atomic E-state index is 12.9. The molecule has 0 unspecified atom stereocenters. The molecule has 0 bridgehead atoms. The van der Waals surface area contributed by atoms with E-state index in [9.17, 15) is 9.59 Å². The van der Waals surface area contributed by atoms with E-state index in [4.69, 9.17) is 4.74 Å². The first kappa shape index (κ1) is 21.5. The average molecular weight is 453 g/mol. The first-order chi connectivity index (χ1) is 16.7. The monoisotopic (exact) mass is 452 g/mol. The molecule has 0 radical (unpaired) electrons. The lowest BCUT2D eigenvalue weighted by atomic mass is 10.2. The van der Waals surface area contributed by atoms with E-state index in [1.54, 1.807) is 22.9 Å². The van der Waals surface area contributed by atoms with Crippen LogP contribution in [-0.2, 0) is 11.4 Å². The Morgan fingerprint density at radius 2 is 1.56 bits per heavy atom. The van der Waals surface area contributed by atoms with Crippen LogP contribution in [0.25, 0.3) is 5.69 Å². The van der Waals surface area contributed by atoms with Gasteiger partial charge < -0.3 is 15.4 Å². The Morgan fingerprint density at radius 1 is 0.882 bits per heavy atom. The van der Waals surface area contributed by atoms with Crippen molar-refractivity contribution in [2.75, 3.05) is 10.6 Å². The molecule has 1 aliphatic rings. The molecule has 1 heterocycles. The van der Waals surface area contributed by atoms with E-state index in [0.29, 0.717) is 23.9 Å². The number of amides is 2. The molecular weight excluding hydrogens is 428 g/mol. The van der Waals surface area contributed by atoms with Crippen LogP contribution in [-0.4, -0.2) is 21.6 Å². The Balaban J connectivity index is 1.28. The Bertz CT molecular complexity index is 1280. The Hall–Kier alpha value is -4.39. The molecular formula is C27H24N4O3. The highest BCUT2D eigenvalue weighted by molar-refractivity contribution is 6.04. The molecule has 170 valence electrons. The zero-order valence-corrected chi connectivity index (χ0v) is 18.5. The molecule has 2 amide bonds. The summed E-state index contributed by atoms with van der Waals surface area (Å²) < 4.78 is 7.38. The highest BCUT2D eigenvalue weighted by Gasteiger charge is 2.30. The van der Waals surface area contributed by atoms with Gasteiger partial charge >= 0.3 is 0 Å². The predicted molar refractivity (Wildman–Crippen MR) is 130 cm³/mol. The number of anilines is 2. The van der Waals surface area contributed by atoms with Crippen molar-refractivity contribution in [3.8, 4) is 11.4 Å². The van der Waals surface area contributed by atoms with Crippen molar-refractivity contribution >= 4 is 23.3 Å². The van der Waals surface area contributed by atoms with Crippen LogP contribution in [0.2, 0.25) is 0 Å². The van der Waals surface area contributed by atoms with Gasteiger partial charge in [0.05, 0.1) is 5.69 Å². The lowest BCUT2D eigenvalue weighted by Gasteiger charge is -2.08. The van der Waals surface area contributed by atoms with E-state index >= 15 is 0 Å². The zero-order valence-electron chi connectivity index (χ0n) is 18.5. The van der Waals surface area contributed by atoms with Gasteiger partial charge in [0.25, 0.3) is 5.91 Å². The van der Waals surface area contributed by atoms with Crippen LogP contribution in [0.4, 0.5) is 11.5 Å². The van der Waals surface area contributed by atoms with E-state index < -0.39 is 0 Å². The number of hydrogen-bond donors (Lipinski definition) is 2. The first-order valence-electron chi connectivity index (χ1n) is 11.2. The maximum Gasteiger partial charge on any atom is 0.276 e. The SMILES string of the molecule is O=C(Nc1ccc(OCc2ccccc2)cc1)c1cc(NC(=O)C2CC2)n(-c2ccccc2)n1. The molecule has 0 spiro atoms. The van der Waals surface area contributed by atoms with Crippen molar-refractivity contribution < 1.29 is 14.3 Å². The first-order valence-corrected chi connectivity index (χ1v) is 11.2. The number of aromatic nitrogens is 2. The summed E-state index contributed by atoms with van der Waals surface area (Å²) in [5.74, 6) is 0.807. The third-order valence-corrected chi connectivity index (χ3v) is 5.50. The largest absolute Gasteiger partial charge is 0.489 e. The number of nitrogens with one attached hydrogen (secondary N) is 2. The van der Waals surface area contributed by atoms with E-state index in [1.165, 1.54) is 0 Å². The van der Waals surface area contributed by atoms with Gasteiger partial charge in [0.2, 0.25) is 5.91 Å². The molecule has 1 aromatic heterocycles. The molecule has 0 atom stereocenters. The van der Waals surface area contributed by atoms with Gasteiger partial charge in [-0.3, -0.25) is 9.59 Å². The van der Waals surface area contributed by atoms with Crippen molar-refractivity contribution in [2.45, 2.75) is 19.4 Å². The minimum atomic E-state index is -0.366. The van der Waals surface area contributed by atoms with Crippen LogP contribution in [0, 0.1) is 5.92 Å². The molecule has 5 rings (SSSR count). The van der Waals surface area contributed by atoms with Crippen molar-refractivity contribution in [1.82, 2.24) is 9.78 Å². The maximum atomic E-state index is 12.9. The van der Waals surface area contributed by atoms with Gasteiger partial charge in [0.15, 0.2) is 5.69 Å². The third-order valence-electron chi connectivity index (χ3n) is 5.50. The number of benzene rings is 3. The molecule has 1 fully saturated rings. The summed E-state index contributed by atoms with van der Waals surface area (Å²) >= 11 is 0. The number of carbonyl (C=O) groups excluding carboxylic acids is 2. The quantitative estimate of drug-likeness (QED) is 0.392. The fraction of sp³-hybridized carbons (Fsp3) is 0.148. The van der Waals surface area contributed by atoms with Crippen LogP contribution >= 0.6 is 0 Å². The summed E-state index contributed by atoms with van der Waals surface area (Å²) in [7, 11) is 0. The van der Waals surface area contributed by atoms with Gasteiger partial charge in [-0.2, -0.15) is 5.10 Å². The van der Waals surface area contributed by atoms with Gasteiger partial charge in [-0.05, 0) is 54.8 Å². The summed E-state index contributed by atoms with van der Waals surface area (Å²) in [6.45, 7) is 0.471. The van der Waals surface area contributed by atoms with Gasteiger partial charge in [-0.15, -0.1) is 0 Å². The minimum Gasteiger partial charge on any atom is -0.489 e. The molecule has 3 aromatic carbocycles. The standard InChI is InChI=1S/C27H24N4O3/c32-26(20-11-12-20)29-25-17-24(30-31(25)22-9-5-2-6-10-22)27(33)28-21-13-15-23(16-14-21)34-18-19-7-3-1-4-8-19/h1-10,13-17,20H,11-12,18H2,(H,28,33)(H,29,32). The summed E-state index contributed by atoms with van der Waals surface area (Å²) in [5.41, 5.74) is 2.67. The molecule has 0 aliphatic heterocycles. The summed E-state index contributed by atoms with van der Waals surface area (Å²) in [6, 6.07) is 28.1. The Morgan fingerprint density at radius 3 is 2.24 bits per heavy atom. The number of hydrogen-bond acceptors (Lipinski definition) is 4. The van der Waals surface area contributed by atoms with Crippen LogP contribution in [0.1, 0.15) is 28.9 Å². The van der Waals surface area contributed by atoms with Crippen molar-refractivity contribution in [1.29, 1.82) is 0 Å². The normalized spacial score (nSPS) is 12.7. The fourth-order valence-corrected chi connectivity index (χ4v) is 3.49. The highest BCUT2D eigenvalue weighted by atomic mass is 16.5. The third kappa shape index (κ3) is 5.15. The Kier molecular flexibility index (Phi) is 6.07. The fourth-order valence-electron chi connectivity index (χ4n) is 3.49. The van der Waals surface area contributed by atoms with Crippen LogP contribution in [0.15, 0.2) is 91.0 Å². The van der Waals surface area contributed by atoms with E-state index in [0.717, 1.165) is 24.1 Å². The smallest absolute Gasteiger partial charge is 0.276 e. The summed E-state index contributed by atoms with van der Waals surface area (Å²) in [6.07, 6.45) is 1.79. The summed E-state index contributed by atoms with van der Waals surface area (Å²) in [5, 5.41) is 10.2.